The first-order chi connectivity index (χ1) is 18.7. The molecule has 0 saturated carbocycles. The van der Waals surface area contributed by atoms with Gasteiger partial charge in [-0.2, -0.15) is 4.37 Å². The van der Waals surface area contributed by atoms with Crippen molar-refractivity contribution in [3.63, 3.8) is 0 Å². The lowest BCUT2D eigenvalue weighted by molar-refractivity contribution is -0.123. The summed E-state index contributed by atoms with van der Waals surface area (Å²) in [4.78, 5) is 43.3. The van der Waals surface area contributed by atoms with Crippen molar-refractivity contribution >= 4 is 46.3 Å². The van der Waals surface area contributed by atoms with Crippen LogP contribution in [0.1, 0.15) is 57.1 Å². The number of hydrogen-bond acceptors (Lipinski definition) is 8. The van der Waals surface area contributed by atoms with E-state index < -0.39 is 17.9 Å². The summed E-state index contributed by atoms with van der Waals surface area (Å²) >= 11 is 0.782. The molecule has 1 aliphatic heterocycles. The Morgan fingerprint density at radius 3 is 2.31 bits per heavy atom. The minimum absolute atomic E-state index is 0.0326. The summed E-state index contributed by atoms with van der Waals surface area (Å²) in [7, 11) is 3.85. The third-order valence-corrected chi connectivity index (χ3v) is 7.61. The Morgan fingerprint density at radius 1 is 1.10 bits per heavy atom. The zero-order valence-electron chi connectivity index (χ0n) is 22.3. The highest BCUT2D eigenvalue weighted by molar-refractivity contribution is 7.09. The van der Waals surface area contributed by atoms with E-state index in [2.05, 4.69) is 9.69 Å². The van der Waals surface area contributed by atoms with Crippen LogP contribution in [0.2, 0.25) is 0 Å². The second kappa shape index (κ2) is 12.3. The van der Waals surface area contributed by atoms with Gasteiger partial charge < -0.3 is 26.4 Å². The van der Waals surface area contributed by atoms with Gasteiger partial charge in [-0.05, 0) is 66.2 Å². The summed E-state index contributed by atoms with van der Waals surface area (Å²) < 4.78 is 9.70. The molecule has 0 aliphatic carbocycles. The number of carbonyl (C=O) groups is 3. The summed E-state index contributed by atoms with van der Waals surface area (Å²) in [6.45, 7) is 3.03. The number of primary amides is 1. The van der Waals surface area contributed by atoms with Gasteiger partial charge in [0.05, 0.1) is 11.8 Å². The number of nitrogen functional groups attached to an aromatic ring is 1. The molecule has 11 heteroatoms. The maximum atomic E-state index is 14.2. The fourth-order valence-corrected chi connectivity index (χ4v) is 5.25. The second-order valence-corrected chi connectivity index (χ2v) is 10.4. The van der Waals surface area contributed by atoms with Gasteiger partial charge in [0, 0.05) is 38.6 Å². The third kappa shape index (κ3) is 6.21. The Morgan fingerprint density at radius 2 is 1.77 bits per heavy atom. The van der Waals surface area contributed by atoms with Gasteiger partial charge >= 0.3 is 0 Å². The molecule has 2 aromatic carbocycles. The third-order valence-electron chi connectivity index (χ3n) is 6.76. The highest BCUT2D eigenvalue weighted by Crippen LogP contribution is 2.34. The number of nitrogens with zero attached hydrogens (tertiary/aromatic N) is 3. The summed E-state index contributed by atoms with van der Waals surface area (Å²) in [5.41, 5.74) is 14.4. The van der Waals surface area contributed by atoms with E-state index in [9.17, 15) is 14.4 Å². The first kappa shape index (κ1) is 28.1. The first-order valence-corrected chi connectivity index (χ1v) is 13.6. The molecule has 2 atom stereocenters. The predicted molar refractivity (Wildman–Crippen MR) is 153 cm³/mol. The smallest absolute Gasteiger partial charge is 0.273 e. The first-order valence-electron chi connectivity index (χ1n) is 12.8. The van der Waals surface area contributed by atoms with Crippen LogP contribution in [0.15, 0.2) is 48.5 Å². The van der Waals surface area contributed by atoms with Crippen LogP contribution in [0.5, 0.6) is 0 Å². The number of nitrogens with one attached hydrogen (secondary N) is 1. The number of benzene rings is 2. The van der Waals surface area contributed by atoms with Crippen molar-refractivity contribution in [1.29, 1.82) is 0 Å². The normalized spacial score (nSPS) is 15.5. The van der Waals surface area contributed by atoms with E-state index in [1.807, 2.05) is 62.3 Å². The van der Waals surface area contributed by atoms with Crippen LogP contribution >= 0.6 is 11.5 Å². The van der Waals surface area contributed by atoms with Gasteiger partial charge in [-0.25, -0.2) is 0 Å². The van der Waals surface area contributed by atoms with E-state index in [4.69, 9.17) is 16.2 Å². The van der Waals surface area contributed by atoms with Gasteiger partial charge in [-0.3, -0.25) is 19.3 Å². The lowest BCUT2D eigenvalue weighted by Gasteiger charge is -2.32. The van der Waals surface area contributed by atoms with Crippen LogP contribution in [-0.4, -0.2) is 55.4 Å². The number of ether oxygens (including phenoxy) is 1. The molecular weight excluding hydrogens is 516 g/mol. The molecule has 206 valence electrons. The predicted octanol–water partition coefficient (Wildman–Crippen LogP) is 3.14. The zero-order valence-corrected chi connectivity index (χ0v) is 23.2. The SMILES string of the molecule is CCc1ccc(N(C(=O)c2snc(C(N)=O)c2N)C(C(=O)NCC2CCCO2)c2ccc(N(C)C)cc2)cc1. The van der Waals surface area contributed by atoms with E-state index in [-0.39, 0.29) is 28.3 Å². The summed E-state index contributed by atoms with van der Waals surface area (Å²) in [5.74, 6) is -1.75. The quantitative estimate of drug-likeness (QED) is 0.352. The monoisotopic (exact) mass is 550 g/mol. The van der Waals surface area contributed by atoms with Crippen LogP contribution in [0.3, 0.4) is 0 Å². The van der Waals surface area contributed by atoms with E-state index in [0.29, 0.717) is 24.4 Å². The molecule has 1 aliphatic rings. The molecule has 3 amide bonds. The largest absolute Gasteiger partial charge is 0.395 e. The maximum Gasteiger partial charge on any atom is 0.273 e. The number of aromatic nitrogens is 1. The molecule has 1 saturated heterocycles. The van der Waals surface area contributed by atoms with Gasteiger partial charge in [0.1, 0.15) is 10.9 Å². The Hall–Kier alpha value is -3.96. The van der Waals surface area contributed by atoms with E-state index >= 15 is 0 Å². The Kier molecular flexibility index (Phi) is 8.82. The molecule has 0 bridgehead atoms. The zero-order chi connectivity index (χ0) is 28.1. The highest BCUT2D eigenvalue weighted by Gasteiger charge is 2.36. The molecule has 5 N–H and O–H groups in total. The number of aryl methyl sites for hydroxylation is 1. The molecule has 0 spiro atoms. The van der Waals surface area contributed by atoms with Crippen molar-refractivity contribution in [2.75, 3.05) is 42.8 Å². The van der Waals surface area contributed by atoms with Gasteiger partial charge in [0.25, 0.3) is 11.8 Å². The van der Waals surface area contributed by atoms with Gasteiger partial charge in [0.15, 0.2) is 5.69 Å². The lowest BCUT2D eigenvalue weighted by atomic mass is 10.0. The molecule has 2 heterocycles. The number of amides is 3. The number of carbonyl (C=O) groups excluding carboxylic acids is 3. The van der Waals surface area contributed by atoms with Crippen molar-refractivity contribution < 1.29 is 19.1 Å². The standard InChI is InChI=1S/C28H34N6O4S/c1-4-17-7-11-20(12-8-17)34(28(37)25-22(29)23(26(30)35)32-39-25)24(18-9-13-19(14-10-18)33(2)3)27(36)31-16-21-6-5-15-38-21/h7-14,21,24H,4-6,15-16,29H2,1-3H3,(H2,30,35)(H,31,36). The van der Waals surface area contributed by atoms with Crippen molar-refractivity contribution in [2.24, 2.45) is 5.73 Å². The molecule has 3 aromatic rings. The molecular formula is C28H34N6O4S. The number of anilines is 3. The van der Waals surface area contributed by atoms with Crippen LogP contribution in [0, 0.1) is 0 Å². The molecule has 10 nitrogen and oxygen atoms in total. The number of rotatable bonds is 10. The van der Waals surface area contributed by atoms with Crippen molar-refractivity contribution in [3.05, 3.63) is 70.2 Å². The van der Waals surface area contributed by atoms with Crippen molar-refractivity contribution in [3.8, 4) is 0 Å². The summed E-state index contributed by atoms with van der Waals surface area (Å²) in [6.07, 6.45) is 2.54. The van der Waals surface area contributed by atoms with E-state index in [0.717, 1.165) is 42.0 Å². The Labute approximate surface area is 232 Å². The highest BCUT2D eigenvalue weighted by atomic mass is 32.1. The van der Waals surface area contributed by atoms with Crippen LogP contribution < -0.4 is 26.6 Å². The average Bonchev–Trinajstić information content (AvgIpc) is 3.60. The van der Waals surface area contributed by atoms with E-state index in [1.165, 1.54) is 4.90 Å². The molecule has 1 aromatic heterocycles. The van der Waals surface area contributed by atoms with Crippen molar-refractivity contribution in [2.45, 2.75) is 38.3 Å². The van der Waals surface area contributed by atoms with Gasteiger partial charge in [-0.15, -0.1) is 0 Å². The lowest BCUT2D eigenvalue weighted by Crippen LogP contribution is -2.45. The summed E-state index contributed by atoms with van der Waals surface area (Å²) in [5, 5.41) is 2.99. The molecule has 0 radical (unpaired) electrons. The average molecular weight is 551 g/mol. The van der Waals surface area contributed by atoms with Gasteiger partial charge in [-0.1, -0.05) is 31.2 Å². The van der Waals surface area contributed by atoms with Crippen LogP contribution in [0.25, 0.3) is 0 Å². The van der Waals surface area contributed by atoms with Crippen LogP contribution in [-0.2, 0) is 16.0 Å². The topological polar surface area (TPSA) is 144 Å². The van der Waals surface area contributed by atoms with E-state index in [1.54, 1.807) is 12.1 Å². The summed E-state index contributed by atoms with van der Waals surface area (Å²) in [6, 6.07) is 13.8. The number of nitrogens with two attached hydrogens (primary N) is 2. The molecule has 1 fully saturated rings. The minimum atomic E-state index is -1.04. The number of hydrogen-bond donors (Lipinski definition) is 3. The van der Waals surface area contributed by atoms with Crippen LogP contribution in [0.4, 0.5) is 17.1 Å². The Balaban J connectivity index is 1.81. The minimum Gasteiger partial charge on any atom is -0.395 e. The molecule has 2 unspecified atom stereocenters. The fraction of sp³-hybridized carbons (Fsp3) is 0.357. The fourth-order valence-electron chi connectivity index (χ4n) is 4.50. The molecule has 4 rings (SSSR count). The Bertz CT molecular complexity index is 1320. The van der Waals surface area contributed by atoms with Gasteiger partial charge in [0.2, 0.25) is 5.91 Å². The second-order valence-electron chi connectivity index (χ2n) is 9.60. The van der Waals surface area contributed by atoms with Crippen molar-refractivity contribution in [1.82, 2.24) is 9.69 Å². The molecule has 39 heavy (non-hydrogen) atoms. The maximum absolute atomic E-state index is 14.2.